The number of nitrogens with two attached hydrogens (primary N) is 1. The van der Waals surface area contributed by atoms with E-state index in [9.17, 15) is 13.2 Å². The Labute approximate surface area is 79.5 Å². The molecule has 2 nitrogen and oxygen atoms in total. The summed E-state index contributed by atoms with van der Waals surface area (Å²) in [6, 6.07) is 1.14. The zero-order valence-corrected chi connectivity index (χ0v) is 7.40. The van der Waals surface area contributed by atoms with E-state index in [2.05, 4.69) is 0 Å². The Balaban J connectivity index is 2.75. The summed E-state index contributed by atoms with van der Waals surface area (Å²) in [5.41, 5.74) is 5.17. The molecule has 0 aromatic heterocycles. The maximum Gasteiger partial charge on any atom is 0.190 e. The molecule has 0 atom stereocenters. The van der Waals surface area contributed by atoms with Crippen LogP contribution in [-0.4, -0.2) is 13.2 Å². The molecule has 14 heavy (non-hydrogen) atoms. The van der Waals surface area contributed by atoms with Crippen molar-refractivity contribution in [2.75, 3.05) is 13.2 Å². The molecule has 1 aromatic rings. The summed E-state index contributed by atoms with van der Waals surface area (Å²) in [5, 5.41) is 0. The molecule has 0 spiro atoms. The summed E-state index contributed by atoms with van der Waals surface area (Å²) in [6.45, 7) is 0.473. The van der Waals surface area contributed by atoms with Crippen molar-refractivity contribution in [3.63, 3.8) is 0 Å². The van der Waals surface area contributed by atoms with Crippen molar-refractivity contribution in [1.29, 1.82) is 0 Å². The molecular formula is C9H10F3NO. The standard InChI is InChI=1S/C9H10F3NO/c10-6-4-7(11)9(8(12)5-6)14-3-1-2-13/h4-5H,1-3,13H2. The number of ether oxygens (including phenoxy) is 1. The van der Waals surface area contributed by atoms with Crippen LogP contribution in [0.5, 0.6) is 5.75 Å². The molecule has 0 fully saturated rings. The van der Waals surface area contributed by atoms with Gasteiger partial charge in [0.05, 0.1) is 6.61 Å². The van der Waals surface area contributed by atoms with E-state index in [-0.39, 0.29) is 6.61 Å². The van der Waals surface area contributed by atoms with Gasteiger partial charge < -0.3 is 10.5 Å². The van der Waals surface area contributed by atoms with Gasteiger partial charge in [-0.1, -0.05) is 0 Å². The van der Waals surface area contributed by atoms with Crippen molar-refractivity contribution in [2.24, 2.45) is 5.73 Å². The summed E-state index contributed by atoms with van der Waals surface area (Å²) in [6.07, 6.45) is 0.482. The Bertz CT molecular complexity index is 294. The van der Waals surface area contributed by atoms with Crippen LogP contribution >= 0.6 is 0 Å². The van der Waals surface area contributed by atoms with Crippen LogP contribution in [0.4, 0.5) is 13.2 Å². The van der Waals surface area contributed by atoms with E-state index in [0.717, 1.165) is 0 Å². The lowest BCUT2D eigenvalue weighted by molar-refractivity contribution is 0.280. The third kappa shape index (κ3) is 2.63. The van der Waals surface area contributed by atoms with E-state index < -0.39 is 23.2 Å². The van der Waals surface area contributed by atoms with E-state index in [1.807, 2.05) is 0 Å². The average molecular weight is 205 g/mol. The van der Waals surface area contributed by atoms with Crippen LogP contribution in [0.25, 0.3) is 0 Å². The highest BCUT2D eigenvalue weighted by molar-refractivity contribution is 5.26. The third-order valence-corrected chi connectivity index (χ3v) is 1.56. The normalized spacial score (nSPS) is 10.3. The molecule has 5 heteroatoms. The van der Waals surface area contributed by atoms with Crippen molar-refractivity contribution in [1.82, 2.24) is 0 Å². The Morgan fingerprint density at radius 2 is 1.71 bits per heavy atom. The van der Waals surface area contributed by atoms with Crippen molar-refractivity contribution < 1.29 is 17.9 Å². The first-order valence-corrected chi connectivity index (χ1v) is 4.12. The Hall–Kier alpha value is -1.23. The lowest BCUT2D eigenvalue weighted by Crippen LogP contribution is -2.08. The number of halogens is 3. The van der Waals surface area contributed by atoms with Gasteiger partial charge in [0.2, 0.25) is 0 Å². The van der Waals surface area contributed by atoms with Crippen molar-refractivity contribution in [3.8, 4) is 5.75 Å². The molecule has 0 amide bonds. The summed E-state index contributed by atoms with van der Waals surface area (Å²) in [7, 11) is 0. The van der Waals surface area contributed by atoms with E-state index in [4.69, 9.17) is 10.5 Å². The van der Waals surface area contributed by atoms with Gasteiger partial charge in [0.15, 0.2) is 17.4 Å². The van der Waals surface area contributed by atoms with Crippen LogP contribution in [0.15, 0.2) is 12.1 Å². The first-order chi connectivity index (χ1) is 6.65. The Morgan fingerprint density at radius 1 is 1.14 bits per heavy atom. The molecule has 0 aliphatic rings. The van der Waals surface area contributed by atoms with Crippen molar-refractivity contribution >= 4 is 0 Å². The molecule has 0 bridgehead atoms. The highest BCUT2D eigenvalue weighted by atomic mass is 19.1. The van der Waals surface area contributed by atoms with Gasteiger partial charge in [-0.3, -0.25) is 0 Å². The summed E-state index contributed by atoms with van der Waals surface area (Å²) in [5.74, 6) is -3.61. The Morgan fingerprint density at radius 3 is 2.21 bits per heavy atom. The second-order valence-electron chi connectivity index (χ2n) is 2.69. The van der Waals surface area contributed by atoms with Crippen molar-refractivity contribution in [3.05, 3.63) is 29.6 Å². The molecule has 0 saturated heterocycles. The SMILES string of the molecule is NCCCOc1c(F)cc(F)cc1F. The van der Waals surface area contributed by atoms with Gasteiger partial charge in [-0.2, -0.15) is 0 Å². The van der Waals surface area contributed by atoms with Gasteiger partial charge in [0.1, 0.15) is 5.82 Å². The zero-order chi connectivity index (χ0) is 10.6. The van der Waals surface area contributed by atoms with Crippen LogP contribution < -0.4 is 10.5 Å². The molecule has 0 saturated carbocycles. The quantitative estimate of drug-likeness (QED) is 0.761. The molecule has 1 aromatic carbocycles. The fourth-order valence-electron chi connectivity index (χ4n) is 0.924. The minimum absolute atomic E-state index is 0.107. The number of benzene rings is 1. The molecule has 0 aliphatic heterocycles. The van der Waals surface area contributed by atoms with Crippen LogP contribution in [-0.2, 0) is 0 Å². The predicted octanol–water partition coefficient (Wildman–Crippen LogP) is 1.83. The molecule has 1 rings (SSSR count). The largest absolute Gasteiger partial charge is 0.488 e. The van der Waals surface area contributed by atoms with Gasteiger partial charge in [0.25, 0.3) is 0 Å². The maximum atomic E-state index is 12.9. The van der Waals surface area contributed by atoms with Gasteiger partial charge in [-0.25, -0.2) is 13.2 Å². The van der Waals surface area contributed by atoms with E-state index in [1.165, 1.54) is 0 Å². The van der Waals surface area contributed by atoms with Gasteiger partial charge >= 0.3 is 0 Å². The topological polar surface area (TPSA) is 35.2 Å². The molecule has 0 unspecified atom stereocenters. The van der Waals surface area contributed by atoms with E-state index >= 15 is 0 Å². The number of hydrogen-bond acceptors (Lipinski definition) is 2. The minimum atomic E-state index is -1.04. The molecule has 2 N–H and O–H groups in total. The minimum Gasteiger partial charge on any atom is -0.488 e. The monoisotopic (exact) mass is 205 g/mol. The van der Waals surface area contributed by atoms with Gasteiger partial charge in [0, 0.05) is 12.1 Å². The highest BCUT2D eigenvalue weighted by Gasteiger charge is 2.12. The lowest BCUT2D eigenvalue weighted by Gasteiger charge is -2.07. The predicted molar refractivity (Wildman–Crippen MR) is 45.5 cm³/mol. The number of hydrogen-bond donors (Lipinski definition) is 1. The second kappa shape index (κ2) is 4.85. The van der Waals surface area contributed by atoms with Gasteiger partial charge in [-0.05, 0) is 13.0 Å². The second-order valence-corrected chi connectivity index (χ2v) is 2.69. The van der Waals surface area contributed by atoms with Crippen LogP contribution in [0.1, 0.15) is 6.42 Å². The first kappa shape index (κ1) is 10.8. The summed E-state index contributed by atoms with van der Waals surface area (Å²) in [4.78, 5) is 0. The number of rotatable bonds is 4. The molecule has 78 valence electrons. The molecule has 0 heterocycles. The smallest absolute Gasteiger partial charge is 0.190 e. The third-order valence-electron chi connectivity index (χ3n) is 1.56. The summed E-state index contributed by atoms with van der Waals surface area (Å²) >= 11 is 0. The first-order valence-electron chi connectivity index (χ1n) is 4.12. The van der Waals surface area contributed by atoms with E-state index in [1.54, 1.807) is 0 Å². The molecule has 0 radical (unpaired) electrons. The van der Waals surface area contributed by atoms with Crippen LogP contribution in [0.3, 0.4) is 0 Å². The molecule has 0 aliphatic carbocycles. The average Bonchev–Trinajstić information content (AvgIpc) is 2.09. The fourth-order valence-corrected chi connectivity index (χ4v) is 0.924. The molecular weight excluding hydrogens is 195 g/mol. The highest BCUT2D eigenvalue weighted by Crippen LogP contribution is 2.22. The Kier molecular flexibility index (Phi) is 3.76. The lowest BCUT2D eigenvalue weighted by atomic mass is 10.3. The van der Waals surface area contributed by atoms with Crippen molar-refractivity contribution in [2.45, 2.75) is 6.42 Å². The zero-order valence-electron chi connectivity index (χ0n) is 7.40. The maximum absolute atomic E-state index is 12.9. The summed E-state index contributed by atoms with van der Waals surface area (Å²) < 4.78 is 43.0. The van der Waals surface area contributed by atoms with E-state index in [0.29, 0.717) is 25.1 Å². The van der Waals surface area contributed by atoms with Crippen LogP contribution in [0.2, 0.25) is 0 Å². The fraction of sp³-hybridized carbons (Fsp3) is 0.333. The van der Waals surface area contributed by atoms with Crippen LogP contribution in [0, 0.1) is 17.5 Å². The van der Waals surface area contributed by atoms with Gasteiger partial charge in [-0.15, -0.1) is 0 Å².